The molecule has 0 aromatic carbocycles. The molecule has 15 heavy (non-hydrogen) atoms. The Morgan fingerprint density at radius 1 is 1.40 bits per heavy atom. The largest absolute Gasteiger partial charge is 0.381 e. The van der Waals surface area contributed by atoms with Crippen LogP contribution in [0.4, 0.5) is 0 Å². The lowest BCUT2D eigenvalue weighted by atomic mass is 9.88. The summed E-state index contributed by atoms with van der Waals surface area (Å²) in [5, 5.41) is 3.58. The van der Waals surface area contributed by atoms with Gasteiger partial charge in [0.1, 0.15) is 0 Å². The Morgan fingerprint density at radius 2 is 2.07 bits per heavy atom. The summed E-state index contributed by atoms with van der Waals surface area (Å²) < 4.78 is 5.25. The highest BCUT2D eigenvalue weighted by atomic mass is 16.5. The van der Waals surface area contributed by atoms with Crippen molar-refractivity contribution >= 4 is 0 Å². The van der Waals surface area contributed by atoms with Crippen molar-refractivity contribution in [1.82, 2.24) is 5.32 Å². The molecular formula is C12H26N2O. The Hall–Kier alpha value is -0.120. The Kier molecular flexibility index (Phi) is 5.58. The number of methoxy groups -OCH3 is 1. The van der Waals surface area contributed by atoms with Gasteiger partial charge in [-0.05, 0) is 44.2 Å². The molecule has 1 unspecified atom stereocenters. The van der Waals surface area contributed by atoms with E-state index in [4.69, 9.17) is 10.5 Å². The van der Waals surface area contributed by atoms with Crippen molar-refractivity contribution in [2.24, 2.45) is 17.6 Å². The average molecular weight is 214 g/mol. The van der Waals surface area contributed by atoms with Gasteiger partial charge in [-0.1, -0.05) is 13.8 Å². The molecule has 1 fully saturated rings. The van der Waals surface area contributed by atoms with Crippen LogP contribution < -0.4 is 11.1 Å². The zero-order valence-electron chi connectivity index (χ0n) is 10.3. The number of nitrogens with two attached hydrogens (primary N) is 1. The Bertz CT molecular complexity index is 167. The topological polar surface area (TPSA) is 47.3 Å². The maximum absolute atomic E-state index is 5.76. The van der Waals surface area contributed by atoms with Crippen molar-refractivity contribution in [3.05, 3.63) is 0 Å². The van der Waals surface area contributed by atoms with Gasteiger partial charge in [0.05, 0.1) is 6.10 Å². The summed E-state index contributed by atoms with van der Waals surface area (Å²) in [5.41, 5.74) is 5.76. The second-order valence-electron chi connectivity index (χ2n) is 5.17. The van der Waals surface area contributed by atoms with E-state index < -0.39 is 0 Å². The molecule has 0 radical (unpaired) electrons. The zero-order chi connectivity index (χ0) is 11.3. The molecule has 0 aliphatic heterocycles. The second kappa shape index (κ2) is 6.46. The third-order valence-corrected chi connectivity index (χ3v) is 3.26. The fourth-order valence-electron chi connectivity index (χ4n) is 2.19. The molecule has 0 saturated heterocycles. The summed E-state index contributed by atoms with van der Waals surface area (Å²) in [7, 11) is 1.79. The van der Waals surface area contributed by atoms with E-state index in [1.54, 1.807) is 7.11 Å². The van der Waals surface area contributed by atoms with Crippen LogP contribution in [0.25, 0.3) is 0 Å². The molecule has 3 nitrogen and oxygen atoms in total. The summed E-state index contributed by atoms with van der Waals surface area (Å²) in [6, 6.07) is 0.663. The molecule has 0 amide bonds. The van der Waals surface area contributed by atoms with E-state index in [9.17, 15) is 0 Å². The van der Waals surface area contributed by atoms with Crippen molar-refractivity contribution < 1.29 is 4.74 Å². The summed E-state index contributed by atoms with van der Waals surface area (Å²) in [6.07, 6.45) is 4.04. The van der Waals surface area contributed by atoms with Crippen LogP contribution in [-0.2, 0) is 4.74 Å². The summed E-state index contributed by atoms with van der Waals surface area (Å²) in [4.78, 5) is 0. The highest BCUT2D eigenvalue weighted by molar-refractivity contribution is 4.86. The molecule has 0 aromatic rings. The molecule has 3 heteroatoms. The van der Waals surface area contributed by atoms with Crippen molar-refractivity contribution in [2.75, 3.05) is 20.2 Å². The molecule has 0 spiro atoms. The van der Waals surface area contributed by atoms with Gasteiger partial charge in [-0.3, -0.25) is 0 Å². The van der Waals surface area contributed by atoms with Gasteiger partial charge in [0, 0.05) is 13.2 Å². The smallest absolute Gasteiger partial charge is 0.0601 e. The highest BCUT2D eigenvalue weighted by Crippen LogP contribution is 2.22. The van der Waals surface area contributed by atoms with E-state index in [1.165, 1.54) is 6.42 Å². The van der Waals surface area contributed by atoms with Gasteiger partial charge in [0.15, 0.2) is 0 Å². The van der Waals surface area contributed by atoms with Gasteiger partial charge in [0.25, 0.3) is 0 Å². The van der Waals surface area contributed by atoms with Gasteiger partial charge >= 0.3 is 0 Å². The van der Waals surface area contributed by atoms with E-state index in [0.29, 0.717) is 18.1 Å². The average Bonchev–Trinajstić information content (AvgIpc) is 2.13. The number of rotatable bonds is 7. The van der Waals surface area contributed by atoms with Gasteiger partial charge in [-0.25, -0.2) is 0 Å². The SMILES string of the molecule is COC1CC(NCC(CN)CC(C)C)C1. The molecule has 1 saturated carbocycles. The number of ether oxygens (including phenoxy) is 1. The van der Waals surface area contributed by atoms with Crippen molar-refractivity contribution in [1.29, 1.82) is 0 Å². The molecule has 1 atom stereocenters. The maximum atomic E-state index is 5.76. The molecule has 0 bridgehead atoms. The predicted molar refractivity (Wildman–Crippen MR) is 63.8 cm³/mol. The van der Waals surface area contributed by atoms with Gasteiger partial charge in [-0.15, -0.1) is 0 Å². The first-order valence-electron chi connectivity index (χ1n) is 6.12. The Balaban J connectivity index is 2.07. The van der Waals surface area contributed by atoms with E-state index in [2.05, 4.69) is 19.2 Å². The summed E-state index contributed by atoms with van der Waals surface area (Å²) >= 11 is 0. The summed E-state index contributed by atoms with van der Waals surface area (Å²) in [5.74, 6) is 1.38. The molecule has 1 aliphatic rings. The van der Waals surface area contributed by atoms with Gasteiger partial charge < -0.3 is 15.8 Å². The van der Waals surface area contributed by atoms with Crippen LogP contribution in [0.1, 0.15) is 33.1 Å². The first kappa shape index (κ1) is 12.9. The van der Waals surface area contributed by atoms with E-state index >= 15 is 0 Å². The lowest BCUT2D eigenvalue weighted by molar-refractivity contribution is 0.0163. The quantitative estimate of drug-likeness (QED) is 0.673. The maximum Gasteiger partial charge on any atom is 0.0601 e. The van der Waals surface area contributed by atoms with Crippen LogP contribution in [0.3, 0.4) is 0 Å². The first-order valence-corrected chi connectivity index (χ1v) is 6.12. The lowest BCUT2D eigenvalue weighted by Gasteiger charge is -2.35. The van der Waals surface area contributed by atoms with Crippen molar-refractivity contribution in [3.63, 3.8) is 0 Å². The van der Waals surface area contributed by atoms with Crippen LogP contribution in [0.5, 0.6) is 0 Å². The van der Waals surface area contributed by atoms with E-state index in [-0.39, 0.29) is 0 Å². The fraction of sp³-hybridized carbons (Fsp3) is 1.00. The van der Waals surface area contributed by atoms with Crippen LogP contribution in [0.2, 0.25) is 0 Å². The second-order valence-corrected chi connectivity index (χ2v) is 5.17. The molecule has 0 heterocycles. The number of hydrogen-bond acceptors (Lipinski definition) is 3. The Labute approximate surface area is 93.8 Å². The lowest BCUT2D eigenvalue weighted by Crippen LogP contribution is -2.47. The van der Waals surface area contributed by atoms with Crippen LogP contribution in [0, 0.1) is 11.8 Å². The molecule has 1 rings (SSSR count). The zero-order valence-corrected chi connectivity index (χ0v) is 10.3. The molecule has 3 N–H and O–H groups in total. The number of hydrogen-bond donors (Lipinski definition) is 2. The minimum Gasteiger partial charge on any atom is -0.381 e. The predicted octanol–water partition coefficient (Wildman–Crippen LogP) is 1.37. The monoisotopic (exact) mass is 214 g/mol. The van der Waals surface area contributed by atoms with Crippen molar-refractivity contribution in [3.8, 4) is 0 Å². The third kappa shape index (κ3) is 4.49. The van der Waals surface area contributed by atoms with E-state index in [0.717, 1.165) is 31.8 Å². The van der Waals surface area contributed by atoms with Crippen LogP contribution >= 0.6 is 0 Å². The van der Waals surface area contributed by atoms with Gasteiger partial charge in [-0.2, -0.15) is 0 Å². The minimum atomic E-state index is 0.490. The Morgan fingerprint density at radius 3 is 2.53 bits per heavy atom. The van der Waals surface area contributed by atoms with Crippen LogP contribution in [-0.4, -0.2) is 32.3 Å². The first-order chi connectivity index (χ1) is 7.15. The van der Waals surface area contributed by atoms with Crippen LogP contribution in [0.15, 0.2) is 0 Å². The number of nitrogens with one attached hydrogen (secondary N) is 1. The normalized spacial score (nSPS) is 27.8. The minimum absolute atomic E-state index is 0.490. The summed E-state index contributed by atoms with van der Waals surface area (Å²) in [6.45, 7) is 6.38. The van der Waals surface area contributed by atoms with Gasteiger partial charge in [0.2, 0.25) is 0 Å². The molecule has 0 aromatic heterocycles. The standard InChI is InChI=1S/C12H26N2O/c1-9(2)4-10(7-13)8-14-11-5-12(6-11)15-3/h9-12,14H,4-8,13H2,1-3H3. The molecular weight excluding hydrogens is 188 g/mol. The third-order valence-electron chi connectivity index (χ3n) is 3.26. The van der Waals surface area contributed by atoms with E-state index in [1.807, 2.05) is 0 Å². The molecule has 90 valence electrons. The molecule has 1 aliphatic carbocycles. The highest BCUT2D eigenvalue weighted by Gasteiger charge is 2.28. The van der Waals surface area contributed by atoms with Crippen molar-refractivity contribution in [2.45, 2.75) is 45.3 Å². The fourth-order valence-corrected chi connectivity index (χ4v) is 2.19.